The Morgan fingerprint density at radius 2 is 2.09 bits per heavy atom. The minimum absolute atomic E-state index is 0.173. The first kappa shape index (κ1) is 14.8. The van der Waals surface area contributed by atoms with Crippen molar-refractivity contribution in [2.45, 2.75) is 6.42 Å². The number of ether oxygens (including phenoxy) is 1. The Labute approximate surface area is 133 Å². The van der Waals surface area contributed by atoms with E-state index < -0.39 is 0 Å². The maximum atomic E-state index is 12.2. The van der Waals surface area contributed by atoms with Gasteiger partial charge in [0.1, 0.15) is 11.6 Å². The number of pyridine rings is 1. The second-order valence-electron chi connectivity index (χ2n) is 5.07. The molecule has 1 amide bonds. The van der Waals surface area contributed by atoms with Crippen LogP contribution in [0.3, 0.4) is 0 Å². The zero-order valence-corrected chi connectivity index (χ0v) is 13.3. The Morgan fingerprint density at radius 3 is 2.68 bits per heavy atom. The molecule has 0 N–H and O–H groups in total. The topological polar surface area (TPSA) is 58.6 Å². The summed E-state index contributed by atoms with van der Waals surface area (Å²) in [5.41, 5.74) is 1.76. The van der Waals surface area contributed by atoms with Crippen LogP contribution in [0.4, 0.5) is 5.82 Å². The third kappa shape index (κ3) is 3.36. The molecule has 116 valence electrons. The van der Waals surface area contributed by atoms with Gasteiger partial charge in [0.2, 0.25) is 5.91 Å². The summed E-state index contributed by atoms with van der Waals surface area (Å²) in [5, 5.41) is 0. The second kappa shape index (κ2) is 6.74. The standard InChI is InChI=1S/C15H18N4O2S/c1-21-12-2-3-14(17-9-12)18-4-6-19(7-5-18)15(20)8-13-10-16-11-22-13/h2-3,9-11H,4-8H2,1H3. The number of thiazole rings is 1. The van der Waals surface area contributed by atoms with Gasteiger partial charge in [0.05, 0.1) is 25.2 Å². The van der Waals surface area contributed by atoms with Crippen LogP contribution in [0.1, 0.15) is 4.88 Å². The van der Waals surface area contributed by atoms with Crippen LogP contribution >= 0.6 is 11.3 Å². The van der Waals surface area contributed by atoms with Crippen LogP contribution in [-0.4, -0.2) is 54.1 Å². The fourth-order valence-corrected chi connectivity index (χ4v) is 3.04. The summed E-state index contributed by atoms with van der Waals surface area (Å²) >= 11 is 1.53. The fourth-order valence-electron chi connectivity index (χ4n) is 2.46. The summed E-state index contributed by atoms with van der Waals surface area (Å²) in [6.07, 6.45) is 3.93. The number of hydrogen-bond donors (Lipinski definition) is 0. The van der Waals surface area contributed by atoms with E-state index in [9.17, 15) is 4.79 Å². The quantitative estimate of drug-likeness (QED) is 0.854. The third-order valence-electron chi connectivity index (χ3n) is 3.72. The molecule has 3 heterocycles. The summed E-state index contributed by atoms with van der Waals surface area (Å²) in [4.78, 5) is 25.8. The van der Waals surface area contributed by atoms with E-state index >= 15 is 0 Å². The lowest BCUT2D eigenvalue weighted by Gasteiger charge is -2.35. The normalized spacial score (nSPS) is 15.0. The van der Waals surface area contributed by atoms with E-state index in [0.717, 1.165) is 42.6 Å². The summed E-state index contributed by atoms with van der Waals surface area (Å²) in [6.45, 7) is 3.05. The maximum absolute atomic E-state index is 12.2. The first-order chi connectivity index (χ1) is 10.8. The molecule has 0 aliphatic carbocycles. The predicted octanol–water partition coefficient (Wildman–Crippen LogP) is 1.44. The van der Waals surface area contributed by atoms with Gasteiger partial charge in [-0.1, -0.05) is 0 Å². The van der Waals surface area contributed by atoms with Crippen molar-refractivity contribution in [3.05, 3.63) is 34.9 Å². The number of hydrogen-bond acceptors (Lipinski definition) is 6. The molecule has 0 atom stereocenters. The van der Waals surface area contributed by atoms with Crippen molar-refractivity contribution in [3.63, 3.8) is 0 Å². The molecule has 1 saturated heterocycles. The minimum Gasteiger partial charge on any atom is -0.495 e. The Morgan fingerprint density at radius 1 is 1.27 bits per heavy atom. The van der Waals surface area contributed by atoms with Crippen molar-refractivity contribution < 1.29 is 9.53 Å². The van der Waals surface area contributed by atoms with E-state index in [4.69, 9.17) is 4.74 Å². The lowest BCUT2D eigenvalue weighted by Crippen LogP contribution is -2.49. The third-order valence-corrected chi connectivity index (χ3v) is 4.50. The van der Waals surface area contributed by atoms with Crippen molar-refractivity contribution in [2.24, 2.45) is 0 Å². The van der Waals surface area contributed by atoms with Gasteiger partial charge in [-0.05, 0) is 12.1 Å². The number of anilines is 1. The van der Waals surface area contributed by atoms with E-state index in [1.54, 1.807) is 25.0 Å². The summed E-state index contributed by atoms with van der Waals surface area (Å²) in [5.74, 6) is 1.85. The van der Waals surface area contributed by atoms with Crippen LogP contribution in [0.2, 0.25) is 0 Å². The van der Waals surface area contributed by atoms with Gasteiger partial charge in [-0.3, -0.25) is 9.78 Å². The number of piperazine rings is 1. The lowest BCUT2D eigenvalue weighted by molar-refractivity contribution is -0.130. The molecule has 0 radical (unpaired) electrons. The van der Waals surface area contributed by atoms with Gasteiger partial charge in [-0.15, -0.1) is 11.3 Å². The lowest BCUT2D eigenvalue weighted by atomic mass is 10.2. The van der Waals surface area contributed by atoms with Gasteiger partial charge >= 0.3 is 0 Å². The zero-order chi connectivity index (χ0) is 15.4. The number of carbonyl (C=O) groups excluding carboxylic acids is 1. The van der Waals surface area contributed by atoms with Crippen molar-refractivity contribution in [2.75, 3.05) is 38.2 Å². The number of rotatable bonds is 4. The number of aromatic nitrogens is 2. The number of amides is 1. The summed E-state index contributed by atoms with van der Waals surface area (Å²) in [7, 11) is 1.63. The van der Waals surface area contributed by atoms with Crippen LogP contribution in [0, 0.1) is 0 Å². The molecule has 2 aromatic heterocycles. The maximum Gasteiger partial charge on any atom is 0.228 e. The molecule has 22 heavy (non-hydrogen) atoms. The zero-order valence-electron chi connectivity index (χ0n) is 12.4. The summed E-state index contributed by atoms with van der Waals surface area (Å²) in [6, 6.07) is 3.86. The fraction of sp³-hybridized carbons (Fsp3) is 0.400. The molecule has 6 nitrogen and oxygen atoms in total. The largest absolute Gasteiger partial charge is 0.495 e. The molecule has 0 aromatic carbocycles. The first-order valence-corrected chi connectivity index (χ1v) is 8.04. The van der Waals surface area contributed by atoms with Gasteiger partial charge in [0, 0.05) is 37.3 Å². The van der Waals surface area contributed by atoms with Gasteiger partial charge < -0.3 is 14.5 Å². The molecule has 7 heteroatoms. The SMILES string of the molecule is COc1ccc(N2CCN(C(=O)Cc3cncs3)CC2)nc1. The van der Waals surface area contributed by atoms with E-state index in [1.165, 1.54) is 11.3 Å². The van der Waals surface area contributed by atoms with Crippen molar-refractivity contribution in [1.82, 2.24) is 14.9 Å². The van der Waals surface area contributed by atoms with Crippen LogP contribution < -0.4 is 9.64 Å². The molecular weight excluding hydrogens is 300 g/mol. The number of carbonyl (C=O) groups is 1. The number of nitrogens with zero attached hydrogens (tertiary/aromatic N) is 4. The summed E-state index contributed by atoms with van der Waals surface area (Å²) < 4.78 is 5.12. The Balaban J connectivity index is 1.54. The van der Waals surface area contributed by atoms with E-state index in [0.29, 0.717) is 6.42 Å². The smallest absolute Gasteiger partial charge is 0.228 e. The van der Waals surface area contributed by atoms with Crippen LogP contribution in [0.15, 0.2) is 30.0 Å². The van der Waals surface area contributed by atoms with Gasteiger partial charge in [0.15, 0.2) is 0 Å². The highest BCUT2D eigenvalue weighted by Crippen LogP contribution is 2.17. The first-order valence-electron chi connectivity index (χ1n) is 7.16. The molecule has 1 aliphatic rings. The van der Waals surface area contributed by atoms with Crippen LogP contribution in [-0.2, 0) is 11.2 Å². The Bertz CT molecular complexity index is 607. The minimum atomic E-state index is 0.173. The van der Waals surface area contributed by atoms with Crippen molar-refractivity contribution >= 4 is 23.1 Å². The average molecular weight is 318 g/mol. The van der Waals surface area contributed by atoms with E-state index in [-0.39, 0.29) is 5.91 Å². The van der Waals surface area contributed by atoms with Crippen molar-refractivity contribution in [3.8, 4) is 5.75 Å². The molecule has 1 aliphatic heterocycles. The molecule has 0 spiro atoms. The molecule has 0 bridgehead atoms. The second-order valence-corrected chi connectivity index (χ2v) is 6.04. The van der Waals surface area contributed by atoms with Gasteiger partial charge in [-0.2, -0.15) is 0 Å². The molecule has 2 aromatic rings. The van der Waals surface area contributed by atoms with Gasteiger partial charge in [0.25, 0.3) is 0 Å². The molecule has 0 saturated carbocycles. The number of methoxy groups -OCH3 is 1. The van der Waals surface area contributed by atoms with Crippen LogP contribution in [0.25, 0.3) is 0 Å². The highest BCUT2D eigenvalue weighted by molar-refractivity contribution is 7.09. The highest BCUT2D eigenvalue weighted by Gasteiger charge is 2.22. The molecule has 3 rings (SSSR count). The van der Waals surface area contributed by atoms with E-state index in [2.05, 4.69) is 14.9 Å². The molecule has 1 fully saturated rings. The van der Waals surface area contributed by atoms with Crippen LogP contribution in [0.5, 0.6) is 5.75 Å². The predicted molar refractivity (Wildman–Crippen MR) is 85.4 cm³/mol. The average Bonchev–Trinajstić information content (AvgIpc) is 3.08. The van der Waals surface area contributed by atoms with E-state index in [1.807, 2.05) is 17.0 Å². The molecular formula is C15H18N4O2S. The monoisotopic (exact) mass is 318 g/mol. The Hall–Kier alpha value is -2.15. The van der Waals surface area contributed by atoms with Crippen molar-refractivity contribution in [1.29, 1.82) is 0 Å². The van der Waals surface area contributed by atoms with Gasteiger partial charge in [-0.25, -0.2) is 4.98 Å². The Kier molecular flexibility index (Phi) is 4.53. The highest BCUT2D eigenvalue weighted by atomic mass is 32.1. The molecule has 0 unspecified atom stereocenters.